The number of nitrogens with one attached hydrogen (secondary N) is 1. The molecule has 31 heteroatoms. The maximum atomic E-state index is 12.8. The number of ketones is 8. The van der Waals surface area contributed by atoms with Crippen LogP contribution in [0.5, 0.6) is 11.5 Å². The number of aryl methyl sites for hydroxylation is 3. The number of rotatable bonds is 40. The van der Waals surface area contributed by atoms with Gasteiger partial charge in [0.25, 0.3) is 0 Å². The van der Waals surface area contributed by atoms with Crippen LogP contribution in [0.3, 0.4) is 0 Å². The van der Waals surface area contributed by atoms with E-state index in [4.69, 9.17) is 14.2 Å². The lowest BCUT2D eigenvalue weighted by Crippen LogP contribution is -2.59. The molecule has 0 heterocycles. The number of carbonyl (C=O) groups excluding carboxylic acids is 10. The van der Waals surface area contributed by atoms with Crippen LogP contribution in [0, 0.1) is 94.7 Å². The smallest absolute Gasteiger partial charge is 0.338 e. The van der Waals surface area contributed by atoms with Crippen molar-refractivity contribution >= 4 is 123 Å². The van der Waals surface area contributed by atoms with Gasteiger partial charge in [-0.05, 0) is 188 Å². The van der Waals surface area contributed by atoms with E-state index in [1.54, 1.807) is 91.6 Å². The van der Waals surface area contributed by atoms with Crippen LogP contribution in [-0.2, 0) is 138 Å². The summed E-state index contributed by atoms with van der Waals surface area (Å²) in [6.45, 7) is 11.0. The van der Waals surface area contributed by atoms with Crippen LogP contribution in [0.4, 0.5) is 5.69 Å². The van der Waals surface area contributed by atoms with Crippen molar-refractivity contribution in [1.29, 1.82) is 0 Å². The Morgan fingerprint density at radius 1 is 0.273 bits per heavy atom. The lowest BCUT2D eigenvalue weighted by Gasteiger charge is -2.45. The van der Waals surface area contributed by atoms with Gasteiger partial charge in [-0.3, -0.25) is 76.7 Å². The first-order valence-corrected chi connectivity index (χ1v) is 43.6. The first-order valence-electron chi connectivity index (χ1n) is 42.8. The molecule has 4 aliphatic rings. The van der Waals surface area contributed by atoms with Crippen molar-refractivity contribution in [1.82, 2.24) is 0 Å². The van der Waals surface area contributed by atoms with Gasteiger partial charge in [0, 0.05) is 102 Å². The number of ether oxygens (including phenoxy) is 3. The number of carboxylic acids is 8. The van der Waals surface area contributed by atoms with Gasteiger partial charge < -0.3 is 60.4 Å². The van der Waals surface area contributed by atoms with Crippen LogP contribution >= 0.6 is 11.8 Å². The van der Waals surface area contributed by atoms with Crippen molar-refractivity contribution in [2.45, 2.75) is 116 Å². The molecule has 8 atom stereocenters. The maximum Gasteiger partial charge on any atom is 0.338 e. The number of esters is 2. The molecule has 12 rings (SSSR count). The summed E-state index contributed by atoms with van der Waals surface area (Å²) in [4.78, 5) is 217. The molecule has 9 N–H and O–H groups in total. The van der Waals surface area contributed by atoms with Crippen molar-refractivity contribution in [2.75, 3.05) is 25.6 Å². The first-order chi connectivity index (χ1) is 62.7. The Labute approximate surface area is 763 Å². The molecule has 0 spiro atoms. The standard InChI is InChI=1S/C28H29NO10.C25H26O6.C24H24O7.C24H24O6S/c1-15(30)21-23(25(32)33)22(24(21)26(34)35)20(31)14-16-4-6-17(7-5-16)27(36)38-12-3-13-39-28(37)18-8-10-19(29-2)11-9-18;1-3-15-4-6-16(7-5-15)12-17-8-10-18(11-9-17)13-19(27)21-22(24(28)29)20(14(2)26)23(21)25(30)31;2*1-3-14-4-8-16(9-5-14)31-17-10-6-15(7-11-17)12-18(26)20-21(23(27)28)19(13(2)25)22(20)24(29)30/h4-11,21-24,29H,3,12-14H2,1-2H3,(H,32,33)(H,34,35);4-11,20-23H,3,12-13H2,1-2H3,(H,28,29)(H,30,31);2*4-11,19-22H,3,12H2,1-2H3,(H,27,28)(H,29,30). The summed E-state index contributed by atoms with van der Waals surface area (Å²) < 4.78 is 16.1. The van der Waals surface area contributed by atoms with E-state index in [2.05, 4.69) is 74.6 Å². The Morgan fingerprint density at radius 2 is 0.485 bits per heavy atom. The van der Waals surface area contributed by atoms with Crippen LogP contribution in [0.2, 0.25) is 0 Å². The molecule has 0 saturated heterocycles. The monoisotopic (exact) mass is 1830 g/mol. The fraction of sp³-hybridized carbons (Fsp3) is 0.347. The topological polar surface area (TPSA) is 509 Å². The third-order valence-electron chi connectivity index (χ3n) is 24.5. The normalized spacial score (nSPS) is 21.6. The highest BCUT2D eigenvalue weighted by atomic mass is 32.2. The number of anilines is 1. The van der Waals surface area contributed by atoms with Crippen molar-refractivity contribution in [3.8, 4) is 11.5 Å². The fourth-order valence-electron chi connectivity index (χ4n) is 17.6. The van der Waals surface area contributed by atoms with Gasteiger partial charge in [-0.2, -0.15) is 0 Å². The van der Waals surface area contributed by atoms with E-state index in [0.29, 0.717) is 39.3 Å². The summed E-state index contributed by atoms with van der Waals surface area (Å²) in [6, 6.07) is 58.5. The number of carboxylic acid groups (broad SMARTS) is 8. The van der Waals surface area contributed by atoms with E-state index in [-0.39, 0.29) is 50.9 Å². The average molecular weight is 1830 g/mol. The zero-order valence-electron chi connectivity index (χ0n) is 73.6. The zero-order valence-corrected chi connectivity index (χ0v) is 74.4. The molecule has 132 heavy (non-hydrogen) atoms. The first kappa shape index (κ1) is 102. The minimum atomic E-state index is -1.39. The van der Waals surface area contributed by atoms with E-state index >= 15 is 0 Å². The summed E-state index contributed by atoms with van der Waals surface area (Å²) in [5.74, 6) is -34.9. The highest BCUT2D eigenvalue weighted by Crippen LogP contribution is 2.52. The molecule has 4 saturated carbocycles. The van der Waals surface area contributed by atoms with Gasteiger partial charge in [0.05, 0.1) is 71.7 Å². The van der Waals surface area contributed by atoms with Crippen molar-refractivity contribution in [3.63, 3.8) is 0 Å². The summed E-state index contributed by atoms with van der Waals surface area (Å²) in [5, 5.41) is 78.5. The van der Waals surface area contributed by atoms with Gasteiger partial charge in [0.15, 0.2) is 0 Å². The number of hydrogen-bond donors (Lipinski definition) is 9. The van der Waals surface area contributed by atoms with Crippen LogP contribution in [0.25, 0.3) is 0 Å². The lowest BCUT2D eigenvalue weighted by atomic mass is 9.53. The average Bonchev–Trinajstić information content (AvgIpc) is 0.748. The Kier molecular flexibility index (Phi) is 35.6. The lowest BCUT2D eigenvalue weighted by molar-refractivity contribution is -0.179. The molecule has 8 aromatic carbocycles. The summed E-state index contributed by atoms with van der Waals surface area (Å²) in [5.41, 5.74) is 9.89. The number of carbonyl (C=O) groups is 18. The van der Waals surface area contributed by atoms with E-state index in [1.165, 1.54) is 60.4 Å². The Hall–Kier alpha value is -14.2. The zero-order chi connectivity index (χ0) is 96.8. The van der Waals surface area contributed by atoms with Crippen molar-refractivity contribution < 1.29 is 141 Å². The molecule has 8 aromatic rings. The molecular weight excluding hydrogens is 1720 g/mol. The van der Waals surface area contributed by atoms with E-state index in [9.17, 15) is 127 Å². The number of aliphatic carboxylic acids is 8. The Balaban J connectivity index is 0.000000199. The van der Waals surface area contributed by atoms with E-state index in [0.717, 1.165) is 60.6 Å². The van der Waals surface area contributed by atoms with Crippen LogP contribution in [-0.4, -0.2) is 167 Å². The van der Waals surface area contributed by atoms with E-state index in [1.807, 2.05) is 48.5 Å². The second-order valence-corrected chi connectivity index (χ2v) is 34.1. The SMILES string of the molecule is CCc1ccc(Cc2ccc(CC(=O)C3C(C(=O)O)C(C(C)=O)C3C(=O)O)cc2)cc1.CCc1ccc(Oc2ccc(CC(=O)C3C(C(=O)O)C(C(C)=O)C3C(=O)O)cc2)cc1.CCc1ccc(Sc2ccc(CC(=O)C3C(C(=O)O)C(C(C)=O)C3C(=O)O)cc2)cc1.CNc1ccc(C(=O)OCCCOC(=O)c2ccc(CC(=O)C3C(C(=O)O)C(C(C)=O)C3C(=O)O)cc2)cc1. The highest BCUT2D eigenvalue weighted by Gasteiger charge is 2.65. The molecule has 8 unspecified atom stereocenters. The third-order valence-corrected chi connectivity index (χ3v) is 25.6. The second-order valence-electron chi connectivity index (χ2n) is 32.9. The third kappa shape index (κ3) is 25.2. The van der Waals surface area contributed by atoms with Gasteiger partial charge >= 0.3 is 59.7 Å². The van der Waals surface area contributed by atoms with Gasteiger partial charge in [0.1, 0.15) is 57.8 Å². The quantitative estimate of drug-likeness (QED) is 0.0127. The van der Waals surface area contributed by atoms with Crippen LogP contribution < -0.4 is 10.1 Å². The molecular formula is C101H103NO29S. The predicted octanol–water partition coefficient (Wildman–Crippen LogP) is 12.8. The molecule has 0 aliphatic heterocycles. The van der Waals surface area contributed by atoms with Crippen molar-refractivity contribution in [2.24, 2.45) is 94.7 Å². The second kappa shape index (κ2) is 46.3. The summed E-state index contributed by atoms with van der Waals surface area (Å²) >= 11 is 1.59. The molecule has 692 valence electrons. The number of Topliss-reactive ketones (excluding diaryl/α,β-unsaturated/α-hetero) is 8. The minimum absolute atomic E-state index is 0.0111. The molecule has 0 amide bonds. The van der Waals surface area contributed by atoms with Crippen molar-refractivity contribution in [3.05, 3.63) is 255 Å². The van der Waals surface area contributed by atoms with Crippen LogP contribution in [0.15, 0.2) is 204 Å². The Bertz CT molecular complexity index is 5130. The molecule has 30 nitrogen and oxygen atoms in total. The summed E-state index contributed by atoms with van der Waals surface area (Å²) in [7, 11) is 1.77. The number of hydrogen-bond acceptors (Lipinski definition) is 23. The van der Waals surface area contributed by atoms with Gasteiger partial charge in [0.2, 0.25) is 0 Å². The summed E-state index contributed by atoms with van der Waals surface area (Å²) in [6.07, 6.45) is 3.45. The largest absolute Gasteiger partial charge is 0.481 e. The predicted molar refractivity (Wildman–Crippen MR) is 476 cm³/mol. The molecule has 4 aliphatic carbocycles. The fourth-order valence-corrected chi connectivity index (χ4v) is 18.4. The van der Waals surface area contributed by atoms with Gasteiger partial charge in [-0.15, -0.1) is 0 Å². The molecule has 4 fully saturated rings. The molecule has 0 aromatic heterocycles. The van der Waals surface area contributed by atoms with Gasteiger partial charge in [-0.25, -0.2) is 9.59 Å². The molecule has 0 radical (unpaired) electrons. The number of benzene rings is 8. The maximum absolute atomic E-state index is 12.8. The van der Waals surface area contributed by atoms with E-state index < -0.39 is 201 Å². The van der Waals surface area contributed by atoms with Crippen LogP contribution in [0.1, 0.15) is 126 Å². The Morgan fingerprint density at radius 3 is 0.727 bits per heavy atom. The highest BCUT2D eigenvalue weighted by molar-refractivity contribution is 7.99. The van der Waals surface area contributed by atoms with Gasteiger partial charge in [-0.1, -0.05) is 142 Å². The minimum Gasteiger partial charge on any atom is -0.481 e. The molecule has 0 bridgehead atoms.